The minimum Gasteiger partial charge on any atom is -0.508 e. The van der Waals surface area contributed by atoms with Crippen LogP contribution in [0.5, 0.6) is 11.5 Å². The van der Waals surface area contributed by atoms with Crippen molar-refractivity contribution in [1.82, 2.24) is 0 Å². The molecule has 0 spiro atoms. The van der Waals surface area contributed by atoms with Gasteiger partial charge in [-0.2, -0.15) is 0 Å². The molecule has 0 bridgehead atoms. The molecule has 0 radical (unpaired) electrons. The van der Waals surface area contributed by atoms with Crippen molar-refractivity contribution in [1.29, 1.82) is 0 Å². The molecule has 2 aromatic carbocycles. The first kappa shape index (κ1) is 17.8. The van der Waals surface area contributed by atoms with E-state index in [1.807, 2.05) is 24.3 Å². The van der Waals surface area contributed by atoms with E-state index in [0.717, 1.165) is 12.1 Å². The predicted octanol–water partition coefficient (Wildman–Crippen LogP) is 4.39. The molecule has 0 aliphatic rings. The summed E-state index contributed by atoms with van der Waals surface area (Å²) in [5.74, 6) is 0.604. The summed E-state index contributed by atoms with van der Waals surface area (Å²) in [5, 5.41) is 18.8. The van der Waals surface area contributed by atoms with Crippen molar-refractivity contribution in [3.05, 3.63) is 59.7 Å². The Balaban J connectivity index is 2.02. The molecule has 0 aromatic heterocycles. The van der Waals surface area contributed by atoms with Gasteiger partial charge < -0.3 is 14.3 Å². The highest BCUT2D eigenvalue weighted by atomic mass is 28.4. The molecule has 0 unspecified atom stereocenters. The number of aromatic hydroxyl groups is 2. The monoisotopic (exact) mass is 346 g/mol. The Kier molecular flexibility index (Phi) is 5.34. The highest BCUT2D eigenvalue weighted by Gasteiger charge is 2.33. The van der Waals surface area contributed by atoms with Gasteiger partial charge in [0, 0.05) is 0 Å². The molecule has 124 valence electrons. The summed E-state index contributed by atoms with van der Waals surface area (Å²) in [6.45, 7) is 9.02. The van der Waals surface area contributed by atoms with Crippen LogP contribution in [0.25, 0.3) is 0 Å². The molecular formula is C18H26O3Si2. The average Bonchev–Trinajstić information content (AvgIpc) is 2.42. The maximum atomic E-state index is 9.39. The summed E-state index contributed by atoms with van der Waals surface area (Å²) in [7, 11) is -3.66. The Labute approximate surface area is 140 Å². The quantitative estimate of drug-likeness (QED) is 0.763. The Bertz CT molecular complexity index is 577. The molecule has 3 nitrogen and oxygen atoms in total. The zero-order valence-electron chi connectivity index (χ0n) is 14.3. The minimum absolute atomic E-state index is 0.302. The van der Waals surface area contributed by atoms with Crippen LogP contribution >= 0.6 is 0 Å². The van der Waals surface area contributed by atoms with E-state index in [1.165, 1.54) is 11.1 Å². The van der Waals surface area contributed by atoms with Gasteiger partial charge in [-0.05, 0) is 73.7 Å². The molecule has 2 N–H and O–H groups in total. The normalized spacial score (nSPS) is 12.3. The van der Waals surface area contributed by atoms with Crippen LogP contribution < -0.4 is 0 Å². The Morgan fingerprint density at radius 1 is 0.652 bits per heavy atom. The van der Waals surface area contributed by atoms with Crippen LogP contribution in [-0.4, -0.2) is 26.8 Å². The third-order valence-electron chi connectivity index (χ3n) is 3.68. The van der Waals surface area contributed by atoms with Crippen LogP contribution in [0.2, 0.25) is 26.2 Å². The topological polar surface area (TPSA) is 49.7 Å². The second-order valence-electron chi connectivity index (χ2n) is 7.31. The third-order valence-corrected chi connectivity index (χ3v) is 10.6. The number of benzene rings is 2. The number of phenols is 2. The van der Waals surface area contributed by atoms with Crippen LogP contribution in [0, 0.1) is 0 Å². The number of hydrogen-bond donors (Lipinski definition) is 2. The summed E-state index contributed by atoms with van der Waals surface area (Å²) in [5.41, 5.74) is 2.43. The first-order chi connectivity index (χ1) is 10.7. The van der Waals surface area contributed by atoms with Gasteiger partial charge in [0.1, 0.15) is 11.5 Å². The highest BCUT2D eigenvalue weighted by molar-refractivity contribution is 6.84. The lowest BCUT2D eigenvalue weighted by molar-refractivity contribution is 0.474. The van der Waals surface area contributed by atoms with E-state index in [4.69, 9.17) is 4.12 Å². The zero-order valence-corrected chi connectivity index (χ0v) is 16.3. The lowest BCUT2D eigenvalue weighted by atomic mass is 10.2. The fourth-order valence-electron chi connectivity index (χ4n) is 3.03. The largest absolute Gasteiger partial charge is 0.508 e. The van der Waals surface area contributed by atoms with Crippen LogP contribution in [-0.2, 0) is 16.2 Å². The van der Waals surface area contributed by atoms with Crippen molar-refractivity contribution in [2.75, 3.05) is 0 Å². The second-order valence-corrected chi connectivity index (χ2v) is 15.9. The summed E-state index contributed by atoms with van der Waals surface area (Å²) in [4.78, 5) is 0. The summed E-state index contributed by atoms with van der Waals surface area (Å²) >= 11 is 0. The molecule has 0 aliphatic carbocycles. The highest BCUT2D eigenvalue weighted by Crippen LogP contribution is 2.23. The van der Waals surface area contributed by atoms with Gasteiger partial charge in [0.05, 0.1) is 0 Å². The van der Waals surface area contributed by atoms with Gasteiger partial charge in [-0.15, -0.1) is 0 Å². The van der Waals surface area contributed by atoms with E-state index in [0.29, 0.717) is 11.5 Å². The van der Waals surface area contributed by atoms with Crippen LogP contribution in [0.3, 0.4) is 0 Å². The van der Waals surface area contributed by atoms with Gasteiger partial charge in [-0.1, -0.05) is 24.3 Å². The molecule has 23 heavy (non-hydrogen) atoms. The van der Waals surface area contributed by atoms with Crippen LogP contribution in [0.1, 0.15) is 11.1 Å². The van der Waals surface area contributed by atoms with Gasteiger partial charge in [0.25, 0.3) is 0 Å². The number of phenolic OH excluding ortho intramolecular Hbond substituents is 2. The summed E-state index contributed by atoms with van der Waals surface area (Å²) < 4.78 is 6.65. The first-order valence-corrected chi connectivity index (χ1v) is 14.1. The lowest BCUT2D eigenvalue weighted by Gasteiger charge is -2.34. The standard InChI is InChI=1S/C18H26O3Si2/c1-22(2,13-15-5-9-17(19)10-6-15)21-23(3,4)14-16-7-11-18(20)12-8-16/h5-12,19-20H,13-14H2,1-4H3. The maximum absolute atomic E-state index is 9.39. The maximum Gasteiger partial charge on any atom is 0.177 e. The van der Waals surface area contributed by atoms with Gasteiger partial charge in [0.15, 0.2) is 16.6 Å². The lowest BCUT2D eigenvalue weighted by Crippen LogP contribution is -2.47. The van der Waals surface area contributed by atoms with Crippen LogP contribution in [0.4, 0.5) is 0 Å². The van der Waals surface area contributed by atoms with Crippen molar-refractivity contribution in [3.63, 3.8) is 0 Å². The van der Waals surface area contributed by atoms with E-state index in [2.05, 4.69) is 26.2 Å². The Morgan fingerprint density at radius 2 is 0.957 bits per heavy atom. The van der Waals surface area contributed by atoms with E-state index in [-0.39, 0.29) is 0 Å². The summed E-state index contributed by atoms with van der Waals surface area (Å²) in [6, 6.07) is 16.7. The Morgan fingerprint density at radius 3 is 1.26 bits per heavy atom. The van der Waals surface area contributed by atoms with Crippen molar-refractivity contribution in [2.24, 2.45) is 0 Å². The second kappa shape index (κ2) is 6.90. The van der Waals surface area contributed by atoms with Crippen LogP contribution in [0.15, 0.2) is 48.5 Å². The first-order valence-electron chi connectivity index (χ1n) is 7.91. The zero-order chi connectivity index (χ0) is 17.1. The van der Waals surface area contributed by atoms with E-state index in [1.54, 1.807) is 24.3 Å². The van der Waals surface area contributed by atoms with E-state index in [9.17, 15) is 10.2 Å². The molecule has 0 saturated carbocycles. The molecule has 0 heterocycles. The van der Waals surface area contributed by atoms with Crippen molar-refractivity contribution in [2.45, 2.75) is 38.3 Å². The molecular weight excluding hydrogens is 320 g/mol. The van der Waals surface area contributed by atoms with Crippen molar-refractivity contribution in [3.8, 4) is 11.5 Å². The minimum atomic E-state index is -1.83. The van der Waals surface area contributed by atoms with Gasteiger partial charge in [-0.3, -0.25) is 0 Å². The van der Waals surface area contributed by atoms with Gasteiger partial charge in [-0.25, -0.2) is 0 Å². The van der Waals surface area contributed by atoms with Crippen molar-refractivity contribution < 1.29 is 14.3 Å². The Hall–Kier alpha value is -1.57. The van der Waals surface area contributed by atoms with Gasteiger partial charge in [0.2, 0.25) is 0 Å². The third kappa shape index (κ3) is 5.86. The molecule has 0 fully saturated rings. The van der Waals surface area contributed by atoms with E-state index < -0.39 is 16.6 Å². The fraction of sp³-hybridized carbons (Fsp3) is 0.333. The molecule has 2 rings (SSSR count). The molecule has 0 saturated heterocycles. The average molecular weight is 347 g/mol. The smallest absolute Gasteiger partial charge is 0.177 e. The fourth-order valence-corrected chi connectivity index (χ4v) is 12.0. The summed E-state index contributed by atoms with van der Waals surface area (Å²) in [6.07, 6.45) is 0. The number of hydrogen-bond acceptors (Lipinski definition) is 3. The molecule has 0 amide bonds. The van der Waals surface area contributed by atoms with Crippen molar-refractivity contribution >= 4 is 16.6 Å². The molecule has 0 atom stereocenters. The van der Waals surface area contributed by atoms with Gasteiger partial charge >= 0.3 is 0 Å². The SMILES string of the molecule is C[Si](C)(Cc1ccc(O)cc1)O[Si](C)(C)Cc1ccc(O)cc1. The predicted molar refractivity (Wildman–Crippen MR) is 99.7 cm³/mol. The molecule has 0 aliphatic heterocycles. The van der Waals surface area contributed by atoms with E-state index >= 15 is 0 Å². The number of rotatable bonds is 6. The molecule has 2 aromatic rings. The molecule has 5 heteroatoms.